The van der Waals surface area contributed by atoms with Crippen LogP contribution in [0.1, 0.15) is 18.2 Å². The van der Waals surface area contributed by atoms with Gasteiger partial charge < -0.3 is 14.8 Å². The minimum absolute atomic E-state index is 0.111. The lowest BCUT2D eigenvalue weighted by Crippen LogP contribution is -2.47. The van der Waals surface area contributed by atoms with Crippen molar-refractivity contribution in [3.8, 4) is 0 Å². The molecule has 24 heavy (non-hydrogen) atoms. The molecule has 3 aromatic rings. The van der Waals surface area contributed by atoms with E-state index in [1.54, 1.807) is 30.5 Å². The Bertz CT molecular complexity index is 851. The van der Waals surface area contributed by atoms with Gasteiger partial charge in [0.1, 0.15) is 11.5 Å². The van der Waals surface area contributed by atoms with Gasteiger partial charge in [0.25, 0.3) is 0 Å². The van der Waals surface area contributed by atoms with E-state index in [0.717, 1.165) is 11.3 Å². The molecule has 0 bridgehead atoms. The molecule has 0 radical (unpaired) electrons. The number of aliphatic hydroxyl groups excluding tert-OH is 1. The van der Waals surface area contributed by atoms with E-state index >= 15 is 0 Å². The maximum Gasteiger partial charge on any atom is 0.137 e. The number of nitrogens with zero attached hydrogens (tertiary/aromatic N) is 2. The molecule has 1 atom stereocenters. The average Bonchev–Trinajstić information content (AvgIpc) is 2.97. The lowest BCUT2D eigenvalue weighted by Gasteiger charge is -2.29. The summed E-state index contributed by atoms with van der Waals surface area (Å²) in [6, 6.07) is 10.2. The molecule has 4 nitrogen and oxygen atoms in total. The predicted molar refractivity (Wildman–Crippen MR) is 92.6 cm³/mol. The van der Waals surface area contributed by atoms with E-state index in [-0.39, 0.29) is 12.4 Å². The molecule has 0 aliphatic heterocycles. The first-order valence-electron chi connectivity index (χ1n) is 7.71. The van der Waals surface area contributed by atoms with Crippen LogP contribution in [0.4, 0.5) is 4.39 Å². The number of hydrogen-bond acceptors (Lipinski definition) is 3. The van der Waals surface area contributed by atoms with Gasteiger partial charge in [-0.15, -0.1) is 0 Å². The largest absolute Gasteiger partial charge is 0.394 e. The minimum atomic E-state index is -0.643. The van der Waals surface area contributed by atoms with Crippen LogP contribution in [-0.4, -0.2) is 26.6 Å². The summed E-state index contributed by atoms with van der Waals surface area (Å²) in [6.45, 7) is 2.22. The van der Waals surface area contributed by atoms with Crippen molar-refractivity contribution in [1.82, 2.24) is 14.7 Å². The fourth-order valence-electron chi connectivity index (χ4n) is 2.64. The van der Waals surface area contributed by atoms with Gasteiger partial charge in [0.05, 0.1) is 17.3 Å². The number of aromatic nitrogens is 2. The fraction of sp³-hybridized carbons (Fsp3) is 0.278. The second kappa shape index (κ2) is 6.89. The Balaban J connectivity index is 1.73. The van der Waals surface area contributed by atoms with E-state index in [1.807, 2.05) is 23.6 Å². The highest BCUT2D eigenvalue weighted by atomic mass is 35.5. The summed E-state index contributed by atoms with van der Waals surface area (Å²) >= 11 is 5.97. The lowest BCUT2D eigenvalue weighted by molar-refractivity contribution is 0.171. The van der Waals surface area contributed by atoms with E-state index in [4.69, 9.17) is 11.6 Å². The first-order chi connectivity index (χ1) is 11.5. The van der Waals surface area contributed by atoms with Gasteiger partial charge in [0, 0.05) is 24.5 Å². The highest BCUT2D eigenvalue weighted by molar-refractivity contribution is 6.30. The fourth-order valence-corrected chi connectivity index (χ4v) is 2.81. The SMILES string of the molecule is CC(CO)(Cc1ccccc1F)NCc1cn2cc(Cl)ccc2n1. The number of fused-ring (bicyclic) bond motifs is 1. The van der Waals surface area contributed by atoms with Gasteiger partial charge in [-0.1, -0.05) is 29.8 Å². The zero-order chi connectivity index (χ0) is 17.2. The van der Waals surface area contributed by atoms with Crippen LogP contribution in [0.25, 0.3) is 5.65 Å². The molecule has 0 aliphatic carbocycles. The summed E-state index contributed by atoms with van der Waals surface area (Å²) in [5.41, 5.74) is 1.56. The summed E-state index contributed by atoms with van der Waals surface area (Å²) in [5.74, 6) is -0.263. The standard InChI is InChI=1S/C18H19ClFN3O/c1-18(12-24,8-13-4-2-3-5-16(13)20)21-9-15-11-23-10-14(19)6-7-17(23)22-15/h2-7,10-11,21,24H,8-9,12H2,1H3. The van der Waals surface area contributed by atoms with Gasteiger partial charge in [-0.25, -0.2) is 9.37 Å². The van der Waals surface area contributed by atoms with Crippen molar-refractivity contribution in [3.05, 3.63) is 70.9 Å². The van der Waals surface area contributed by atoms with Crippen molar-refractivity contribution < 1.29 is 9.50 Å². The molecule has 0 spiro atoms. The van der Waals surface area contributed by atoms with E-state index < -0.39 is 5.54 Å². The molecule has 0 saturated heterocycles. The molecule has 2 aromatic heterocycles. The molecular formula is C18H19ClFN3O. The zero-order valence-corrected chi connectivity index (χ0v) is 14.1. The molecule has 1 aromatic carbocycles. The van der Waals surface area contributed by atoms with Crippen molar-refractivity contribution in [2.45, 2.75) is 25.4 Å². The van der Waals surface area contributed by atoms with E-state index in [0.29, 0.717) is 23.6 Å². The molecule has 2 N–H and O–H groups in total. The van der Waals surface area contributed by atoms with Gasteiger partial charge in [0.15, 0.2) is 0 Å². The molecule has 6 heteroatoms. The second-order valence-electron chi connectivity index (χ2n) is 6.19. The third-order valence-electron chi connectivity index (χ3n) is 4.05. The van der Waals surface area contributed by atoms with Crippen LogP contribution < -0.4 is 5.32 Å². The highest BCUT2D eigenvalue weighted by Crippen LogP contribution is 2.17. The Morgan fingerprint density at radius 2 is 2.04 bits per heavy atom. The maximum atomic E-state index is 13.9. The Labute approximate surface area is 144 Å². The van der Waals surface area contributed by atoms with Crippen LogP contribution in [0.15, 0.2) is 48.8 Å². The number of hydrogen-bond donors (Lipinski definition) is 2. The van der Waals surface area contributed by atoms with Crippen LogP contribution in [0, 0.1) is 5.82 Å². The molecule has 0 saturated carbocycles. The van der Waals surface area contributed by atoms with Crippen molar-refractivity contribution in [3.63, 3.8) is 0 Å². The van der Waals surface area contributed by atoms with Crippen LogP contribution in [0.3, 0.4) is 0 Å². The predicted octanol–water partition coefficient (Wildman–Crippen LogP) is 3.21. The molecular weight excluding hydrogens is 329 g/mol. The summed E-state index contributed by atoms with van der Waals surface area (Å²) in [7, 11) is 0. The van der Waals surface area contributed by atoms with E-state index in [9.17, 15) is 9.50 Å². The smallest absolute Gasteiger partial charge is 0.137 e. The quantitative estimate of drug-likeness (QED) is 0.720. The number of halogens is 2. The summed E-state index contributed by atoms with van der Waals surface area (Å²) in [6.07, 6.45) is 4.06. The second-order valence-corrected chi connectivity index (χ2v) is 6.62. The highest BCUT2D eigenvalue weighted by Gasteiger charge is 2.24. The monoisotopic (exact) mass is 347 g/mol. The number of benzene rings is 1. The number of nitrogens with one attached hydrogen (secondary N) is 1. The molecule has 0 amide bonds. The molecule has 2 heterocycles. The molecule has 0 fully saturated rings. The van der Waals surface area contributed by atoms with Crippen LogP contribution in [0.2, 0.25) is 5.02 Å². The Morgan fingerprint density at radius 3 is 2.79 bits per heavy atom. The van der Waals surface area contributed by atoms with Crippen LogP contribution in [-0.2, 0) is 13.0 Å². The molecule has 1 unspecified atom stereocenters. The van der Waals surface area contributed by atoms with Gasteiger partial charge in [-0.05, 0) is 37.1 Å². The van der Waals surface area contributed by atoms with E-state index in [1.165, 1.54) is 6.07 Å². The number of imidazole rings is 1. The minimum Gasteiger partial charge on any atom is -0.394 e. The normalized spacial score (nSPS) is 14.0. The van der Waals surface area contributed by atoms with Gasteiger partial charge in [0.2, 0.25) is 0 Å². The number of aliphatic hydroxyl groups is 1. The molecule has 0 aliphatic rings. The Hall–Kier alpha value is -1.95. The molecule has 3 rings (SSSR count). The summed E-state index contributed by atoms with van der Waals surface area (Å²) in [4.78, 5) is 4.50. The van der Waals surface area contributed by atoms with Crippen molar-refractivity contribution >= 4 is 17.2 Å². The average molecular weight is 348 g/mol. The Morgan fingerprint density at radius 1 is 1.25 bits per heavy atom. The topological polar surface area (TPSA) is 49.6 Å². The maximum absolute atomic E-state index is 13.9. The summed E-state index contributed by atoms with van der Waals surface area (Å²) < 4.78 is 15.7. The third-order valence-corrected chi connectivity index (χ3v) is 4.27. The number of rotatable bonds is 6. The number of pyridine rings is 1. The van der Waals surface area contributed by atoms with Crippen molar-refractivity contribution in [2.24, 2.45) is 0 Å². The van der Waals surface area contributed by atoms with Crippen molar-refractivity contribution in [1.29, 1.82) is 0 Å². The van der Waals surface area contributed by atoms with Crippen LogP contribution >= 0.6 is 11.6 Å². The van der Waals surface area contributed by atoms with Gasteiger partial charge >= 0.3 is 0 Å². The first kappa shape index (κ1) is 16.9. The van der Waals surface area contributed by atoms with E-state index in [2.05, 4.69) is 10.3 Å². The van der Waals surface area contributed by atoms with Crippen molar-refractivity contribution in [2.75, 3.05) is 6.61 Å². The summed E-state index contributed by atoms with van der Waals surface area (Å²) in [5, 5.41) is 13.7. The van der Waals surface area contributed by atoms with Gasteiger partial charge in [-0.2, -0.15) is 0 Å². The lowest BCUT2D eigenvalue weighted by atomic mass is 9.93. The third kappa shape index (κ3) is 3.75. The zero-order valence-electron chi connectivity index (χ0n) is 13.3. The first-order valence-corrected chi connectivity index (χ1v) is 8.09. The molecule has 126 valence electrons. The van der Waals surface area contributed by atoms with Crippen LogP contribution in [0.5, 0.6) is 0 Å². The van der Waals surface area contributed by atoms with Gasteiger partial charge in [-0.3, -0.25) is 0 Å². The Kier molecular flexibility index (Phi) is 4.85.